The van der Waals surface area contributed by atoms with E-state index in [0.717, 1.165) is 30.8 Å². The van der Waals surface area contributed by atoms with E-state index in [1.165, 1.54) is 0 Å². The van der Waals surface area contributed by atoms with Crippen molar-refractivity contribution in [1.82, 2.24) is 0 Å². The van der Waals surface area contributed by atoms with Crippen molar-refractivity contribution in [1.29, 1.82) is 5.26 Å². The number of primary amides is 1. The fourth-order valence-corrected chi connectivity index (χ4v) is 2.60. The number of piperidine rings is 1. The summed E-state index contributed by atoms with van der Waals surface area (Å²) in [6, 6.07) is 8.97. The number of nitrogens with zero attached hydrogens (tertiary/aromatic N) is 1. The first-order valence-corrected chi connectivity index (χ1v) is 7.02. The lowest BCUT2D eigenvalue weighted by molar-refractivity contribution is -0.897. The van der Waals surface area contributed by atoms with Gasteiger partial charge in [-0.3, -0.25) is 9.59 Å². The van der Waals surface area contributed by atoms with Crippen molar-refractivity contribution >= 4 is 17.5 Å². The molecule has 0 saturated carbocycles. The van der Waals surface area contributed by atoms with Crippen molar-refractivity contribution < 1.29 is 14.5 Å². The van der Waals surface area contributed by atoms with Crippen molar-refractivity contribution in [2.24, 2.45) is 11.7 Å². The predicted molar refractivity (Wildman–Crippen MR) is 77.3 cm³/mol. The van der Waals surface area contributed by atoms with Crippen LogP contribution in [0.1, 0.15) is 18.4 Å². The van der Waals surface area contributed by atoms with E-state index in [-0.39, 0.29) is 17.7 Å². The Bertz CT molecular complexity index is 571. The van der Waals surface area contributed by atoms with E-state index in [4.69, 9.17) is 11.0 Å². The van der Waals surface area contributed by atoms with E-state index in [1.807, 2.05) is 6.07 Å². The number of nitrogens with one attached hydrogen (secondary N) is 2. The third-order valence-electron chi connectivity index (χ3n) is 3.83. The molecule has 1 saturated heterocycles. The Morgan fingerprint density at radius 3 is 2.62 bits per heavy atom. The standard InChI is InChI=1S/C15H18N4O2/c16-9-12-3-1-2-4-13(12)18-14(20)10-19-7-5-11(6-8-19)15(17)21/h1-4,11H,5-8,10H2,(H2,17,21)(H,18,20)/p+1. The lowest BCUT2D eigenvalue weighted by Gasteiger charge is -2.27. The van der Waals surface area contributed by atoms with Gasteiger partial charge in [0, 0.05) is 18.8 Å². The van der Waals surface area contributed by atoms with Crippen LogP contribution in [-0.4, -0.2) is 31.4 Å². The van der Waals surface area contributed by atoms with Crippen LogP contribution in [-0.2, 0) is 9.59 Å². The molecule has 0 aromatic heterocycles. The molecule has 1 fully saturated rings. The first-order chi connectivity index (χ1) is 10.1. The molecule has 6 heteroatoms. The van der Waals surface area contributed by atoms with Crippen LogP contribution < -0.4 is 16.0 Å². The molecule has 1 aliphatic rings. The molecule has 1 heterocycles. The molecule has 110 valence electrons. The minimum atomic E-state index is -0.249. The molecule has 6 nitrogen and oxygen atoms in total. The number of carbonyl (C=O) groups excluding carboxylic acids is 2. The molecule has 0 atom stereocenters. The molecule has 0 aliphatic carbocycles. The molecular weight excluding hydrogens is 268 g/mol. The summed E-state index contributed by atoms with van der Waals surface area (Å²) >= 11 is 0. The quantitative estimate of drug-likeness (QED) is 0.681. The molecule has 1 aliphatic heterocycles. The van der Waals surface area contributed by atoms with Gasteiger partial charge in [0.05, 0.1) is 24.3 Å². The van der Waals surface area contributed by atoms with Crippen molar-refractivity contribution in [3.05, 3.63) is 29.8 Å². The number of carbonyl (C=O) groups is 2. The summed E-state index contributed by atoms with van der Waals surface area (Å²) in [7, 11) is 0. The molecule has 2 amide bonds. The molecule has 4 N–H and O–H groups in total. The van der Waals surface area contributed by atoms with Gasteiger partial charge in [-0.05, 0) is 12.1 Å². The van der Waals surface area contributed by atoms with E-state index in [9.17, 15) is 9.59 Å². The van der Waals surface area contributed by atoms with E-state index in [2.05, 4.69) is 5.32 Å². The Hall–Kier alpha value is -2.39. The van der Waals surface area contributed by atoms with Crippen LogP contribution >= 0.6 is 0 Å². The van der Waals surface area contributed by atoms with Crippen molar-refractivity contribution in [3.63, 3.8) is 0 Å². The second-order valence-electron chi connectivity index (χ2n) is 5.31. The minimum Gasteiger partial charge on any atom is -0.369 e. The molecule has 0 spiro atoms. The molecule has 1 aromatic rings. The van der Waals surface area contributed by atoms with Crippen molar-refractivity contribution in [2.45, 2.75) is 12.8 Å². The van der Waals surface area contributed by atoms with Gasteiger partial charge in [0.2, 0.25) is 5.91 Å². The van der Waals surface area contributed by atoms with Crippen molar-refractivity contribution in [2.75, 3.05) is 25.0 Å². The number of anilines is 1. The number of quaternary nitrogens is 1. The number of hydrogen-bond acceptors (Lipinski definition) is 3. The smallest absolute Gasteiger partial charge is 0.279 e. The first kappa shape index (κ1) is 15.0. The van der Waals surface area contributed by atoms with E-state index >= 15 is 0 Å². The van der Waals surface area contributed by atoms with Crippen LogP contribution in [0.4, 0.5) is 5.69 Å². The molecule has 21 heavy (non-hydrogen) atoms. The Labute approximate surface area is 123 Å². The van der Waals surface area contributed by atoms with Gasteiger partial charge < -0.3 is 16.0 Å². The SMILES string of the molecule is N#Cc1ccccc1NC(=O)C[NH+]1CCC(C(N)=O)CC1. The highest BCUT2D eigenvalue weighted by molar-refractivity contribution is 5.92. The van der Waals surface area contributed by atoms with Crippen LogP contribution in [0.5, 0.6) is 0 Å². The molecule has 0 bridgehead atoms. The van der Waals surface area contributed by atoms with Crippen molar-refractivity contribution in [3.8, 4) is 6.07 Å². The van der Waals surface area contributed by atoms with Gasteiger partial charge in [0.25, 0.3) is 5.91 Å². The third kappa shape index (κ3) is 4.04. The number of para-hydroxylation sites is 1. The topological polar surface area (TPSA) is 100 Å². The third-order valence-corrected chi connectivity index (χ3v) is 3.83. The predicted octanol–water partition coefficient (Wildman–Crippen LogP) is -0.723. The lowest BCUT2D eigenvalue weighted by atomic mass is 9.96. The Morgan fingerprint density at radius 2 is 2.00 bits per heavy atom. The van der Waals surface area contributed by atoms with Gasteiger partial charge in [-0.25, -0.2) is 0 Å². The number of nitriles is 1. The van der Waals surface area contributed by atoms with Gasteiger partial charge >= 0.3 is 0 Å². The summed E-state index contributed by atoms with van der Waals surface area (Å²) < 4.78 is 0. The molecule has 2 rings (SSSR count). The average Bonchev–Trinajstić information content (AvgIpc) is 2.48. The first-order valence-electron chi connectivity index (χ1n) is 7.02. The largest absolute Gasteiger partial charge is 0.369 e. The number of benzene rings is 1. The fraction of sp³-hybridized carbons (Fsp3) is 0.400. The molecular formula is C15H19N4O2+. The van der Waals surface area contributed by atoms with E-state index < -0.39 is 0 Å². The van der Waals surface area contributed by atoms with E-state index in [0.29, 0.717) is 17.8 Å². The minimum absolute atomic E-state index is 0.0591. The maximum atomic E-state index is 12.0. The molecule has 0 unspecified atom stereocenters. The second-order valence-corrected chi connectivity index (χ2v) is 5.31. The van der Waals surface area contributed by atoms with Gasteiger partial charge in [0.15, 0.2) is 6.54 Å². The van der Waals surface area contributed by atoms with Gasteiger partial charge in [-0.1, -0.05) is 12.1 Å². The summed E-state index contributed by atoms with van der Waals surface area (Å²) in [5, 5.41) is 11.8. The Morgan fingerprint density at radius 1 is 1.33 bits per heavy atom. The normalized spacial score (nSPS) is 21.3. The van der Waals surface area contributed by atoms with Crippen LogP contribution in [0.3, 0.4) is 0 Å². The number of rotatable bonds is 4. The van der Waals surface area contributed by atoms with Crippen LogP contribution in [0.15, 0.2) is 24.3 Å². The number of hydrogen-bond donors (Lipinski definition) is 3. The fourth-order valence-electron chi connectivity index (χ4n) is 2.60. The van der Waals surface area contributed by atoms with Crippen LogP contribution in [0.25, 0.3) is 0 Å². The number of likely N-dealkylation sites (tertiary alicyclic amines) is 1. The highest BCUT2D eigenvalue weighted by Gasteiger charge is 2.27. The van der Waals surface area contributed by atoms with Gasteiger partial charge in [-0.15, -0.1) is 0 Å². The lowest BCUT2D eigenvalue weighted by Crippen LogP contribution is -3.14. The summed E-state index contributed by atoms with van der Waals surface area (Å²) in [5.41, 5.74) is 6.28. The highest BCUT2D eigenvalue weighted by Crippen LogP contribution is 2.13. The maximum absolute atomic E-state index is 12.0. The summed E-state index contributed by atoms with van der Waals surface area (Å²) in [6.45, 7) is 1.87. The Kier molecular flexibility index (Phi) is 4.90. The number of nitrogens with two attached hydrogens (primary N) is 1. The van der Waals surface area contributed by atoms with Gasteiger partial charge in [0.1, 0.15) is 6.07 Å². The maximum Gasteiger partial charge on any atom is 0.279 e. The monoisotopic (exact) mass is 287 g/mol. The van der Waals surface area contributed by atoms with E-state index in [1.54, 1.807) is 24.3 Å². The highest BCUT2D eigenvalue weighted by atomic mass is 16.2. The summed E-state index contributed by atoms with van der Waals surface area (Å²) in [4.78, 5) is 24.3. The average molecular weight is 287 g/mol. The molecule has 1 aromatic carbocycles. The number of amides is 2. The van der Waals surface area contributed by atoms with Crippen LogP contribution in [0.2, 0.25) is 0 Å². The zero-order valence-corrected chi connectivity index (χ0v) is 11.8. The Balaban J connectivity index is 1.86. The van der Waals surface area contributed by atoms with Gasteiger partial charge in [-0.2, -0.15) is 5.26 Å². The zero-order chi connectivity index (χ0) is 15.2. The van der Waals surface area contributed by atoms with Crippen LogP contribution in [0, 0.1) is 17.2 Å². The summed E-state index contributed by atoms with van der Waals surface area (Å²) in [6.07, 6.45) is 1.46. The summed E-state index contributed by atoms with van der Waals surface area (Å²) in [5.74, 6) is -0.428. The molecule has 0 radical (unpaired) electrons. The second kappa shape index (κ2) is 6.86. The zero-order valence-electron chi connectivity index (χ0n) is 11.8.